The number of ether oxygens (including phenoxy) is 1. The summed E-state index contributed by atoms with van der Waals surface area (Å²) in [6, 6.07) is 15.1. The SMILES string of the molecule is CCN(CC(C)C(=O)OC)C(=O)c1ccccc1CSc1nc2ccccc2o1. The molecule has 0 fully saturated rings. The third kappa shape index (κ3) is 4.98. The topological polar surface area (TPSA) is 72.6 Å². The Morgan fingerprint density at radius 2 is 1.90 bits per heavy atom. The van der Waals surface area contributed by atoms with E-state index in [0.717, 1.165) is 16.7 Å². The summed E-state index contributed by atoms with van der Waals surface area (Å²) in [5.41, 5.74) is 3.07. The predicted octanol–water partition coefficient (Wildman–Crippen LogP) is 4.39. The van der Waals surface area contributed by atoms with Gasteiger partial charge in [0.05, 0.1) is 13.0 Å². The highest BCUT2D eigenvalue weighted by molar-refractivity contribution is 7.98. The average molecular weight is 413 g/mol. The van der Waals surface area contributed by atoms with Crippen molar-refractivity contribution in [1.29, 1.82) is 0 Å². The lowest BCUT2D eigenvalue weighted by Gasteiger charge is -2.24. The second-order valence-electron chi connectivity index (χ2n) is 6.66. The molecule has 0 bridgehead atoms. The number of oxazole rings is 1. The van der Waals surface area contributed by atoms with Crippen molar-refractivity contribution in [3.05, 3.63) is 59.7 Å². The molecule has 1 atom stereocenters. The van der Waals surface area contributed by atoms with Crippen molar-refractivity contribution in [3.63, 3.8) is 0 Å². The summed E-state index contributed by atoms with van der Waals surface area (Å²) < 4.78 is 10.5. The number of methoxy groups -OCH3 is 1. The average Bonchev–Trinajstić information content (AvgIpc) is 3.18. The molecule has 3 rings (SSSR count). The Bertz CT molecular complexity index is 968. The lowest BCUT2D eigenvalue weighted by molar-refractivity contribution is -0.145. The molecule has 1 amide bonds. The van der Waals surface area contributed by atoms with E-state index >= 15 is 0 Å². The molecule has 1 unspecified atom stereocenters. The molecule has 0 radical (unpaired) electrons. The summed E-state index contributed by atoms with van der Waals surface area (Å²) in [6.45, 7) is 4.48. The standard InChI is InChI=1S/C22H24N2O4S/c1-4-24(13-15(2)21(26)27-3)20(25)17-10-6-5-9-16(17)14-29-22-23-18-11-7-8-12-19(18)28-22/h5-12,15H,4,13-14H2,1-3H3. The Balaban J connectivity index is 1.74. The monoisotopic (exact) mass is 412 g/mol. The number of fused-ring (bicyclic) bond motifs is 1. The quantitative estimate of drug-likeness (QED) is 0.404. The van der Waals surface area contributed by atoms with Crippen molar-refractivity contribution >= 4 is 34.7 Å². The molecule has 152 valence electrons. The maximum absolute atomic E-state index is 13.1. The smallest absolute Gasteiger partial charge is 0.310 e. The summed E-state index contributed by atoms with van der Waals surface area (Å²) in [4.78, 5) is 31.0. The fourth-order valence-electron chi connectivity index (χ4n) is 3.04. The molecule has 0 aliphatic heterocycles. The summed E-state index contributed by atoms with van der Waals surface area (Å²) in [5.74, 6) is -0.253. The first-order valence-corrected chi connectivity index (χ1v) is 10.5. The molecule has 3 aromatic rings. The van der Waals surface area contributed by atoms with Crippen LogP contribution in [0.4, 0.5) is 0 Å². The molecule has 0 spiro atoms. The van der Waals surface area contributed by atoms with Gasteiger partial charge in [-0.2, -0.15) is 0 Å². The largest absolute Gasteiger partial charge is 0.469 e. The van der Waals surface area contributed by atoms with E-state index in [2.05, 4.69) is 4.98 Å². The molecule has 0 saturated heterocycles. The van der Waals surface area contributed by atoms with E-state index < -0.39 is 0 Å². The number of carbonyl (C=O) groups excluding carboxylic acids is 2. The molecule has 1 aromatic heterocycles. The number of para-hydroxylation sites is 2. The molecule has 0 saturated carbocycles. The number of benzene rings is 2. The van der Waals surface area contributed by atoms with Gasteiger partial charge >= 0.3 is 5.97 Å². The Morgan fingerprint density at radius 1 is 1.17 bits per heavy atom. The van der Waals surface area contributed by atoms with Crippen LogP contribution >= 0.6 is 11.8 Å². The molecule has 7 heteroatoms. The van der Waals surface area contributed by atoms with Gasteiger partial charge in [0.1, 0.15) is 5.52 Å². The molecular formula is C22H24N2O4S. The minimum Gasteiger partial charge on any atom is -0.469 e. The van der Waals surface area contributed by atoms with Crippen LogP contribution in [0.2, 0.25) is 0 Å². The zero-order chi connectivity index (χ0) is 20.8. The van der Waals surface area contributed by atoms with Crippen LogP contribution in [0, 0.1) is 5.92 Å². The first-order valence-electron chi connectivity index (χ1n) is 9.46. The number of aromatic nitrogens is 1. The molecule has 0 aliphatic carbocycles. The van der Waals surface area contributed by atoms with Crippen LogP contribution in [0.5, 0.6) is 0 Å². The van der Waals surface area contributed by atoms with Crippen LogP contribution in [0.15, 0.2) is 58.2 Å². The van der Waals surface area contributed by atoms with E-state index in [1.165, 1.54) is 18.9 Å². The number of rotatable bonds is 8. The molecule has 29 heavy (non-hydrogen) atoms. The second kappa shape index (κ2) is 9.60. The van der Waals surface area contributed by atoms with Crippen LogP contribution < -0.4 is 0 Å². The van der Waals surface area contributed by atoms with Gasteiger partial charge in [0.2, 0.25) is 0 Å². The third-order valence-electron chi connectivity index (χ3n) is 4.64. The minimum absolute atomic E-state index is 0.1000. The van der Waals surface area contributed by atoms with Gasteiger partial charge in [-0.15, -0.1) is 0 Å². The maximum Gasteiger partial charge on any atom is 0.310 e. The number of esters is 1. The van der Waals surface area contributed by atoms with Gasteiger partial charge in [0.25, 0.3) is 11.1 Å². The Hall–Kier alpha value is -2.80. The normalized spacial score (nSPS) is 12.0. The van der Waals surface area contributed by atoms with E-state index in [4.69, 9.17) is 9.15 Å². The van der Waals surface area contributed by atoms with Crippen LogP contribution in [0.1, 0.15) is 29.8 Å². The van der Waals surface area contributed by atoms with Crippen molar-refractivity contribution in [3.8, 4) is 0 Å². The fraction of sp³-hybridized carbons (Fsp3) is 0.318. The van der Waals surface area contributed by atoms with Crippen molar-refractivity contribution in [2.75, 3.05) is 20.2 Å². The Labute approximate surface area is 174 Å². The van der Waals surface area contributed by atoms with Crippen molar-refractivity contribution in [2.45, 2.75) is 24.8 Å². The first-order chi connectivity index (χ1) is 14.0. The highest BCUT2D eigenvalue weighted by Crippen LogP contribution is 2.27. The lowest BCUT2D eigenvalue weighted by atomic mass is 10.1. The van der Waals surface area contributed by atoms with Gasteiger partial charge in [-0.3, -0.25) is 9.59 Å². The zero-order valence-electron chi connectivity index (χ0n) is 16.8. The van der Waals surface area contributed by atoms with Crippen molar-refractivity contribution < 1.29 is 18.7 Å². The molecule has 2 aromatic carbocycles. The lowest BCUT2D eigenvalue weighted by Crippen LogP contribution is -2.37. The van der Waals surface area contributed by atoms with Gasteiger partial charge in [-0.25, -0.2) is 4.98 Å². The molecule has 0 N–H and O–H groups in total. The van der Waals surface area contributed by atoms with Crippen molar-refractivity contribution in [1.82, 2.24) is 9.88 Å². The van der Waals surface area contributed by atoms with E-state index in [0.29, 0.717) is 29.6 Å². The zero-order valence-corrected chi connectivity index (χ0v) is 17.6. The predicted molar refractivity (Wildman–Crippen MR) is 113 cm³/mol. The number of amides is 1. The van der Waals surface area contributed by atoms with Gasteiger partial charge < -0.3 is 14.1 Å². The second-order valence-corrected chi connectivity index (χ2v) is 7.59. The van der Waals surface area contributed by atoms with E-state index in [9.17, 15) is 9.59 Å². The van der Waals surface area contributed by atoms with Gasteiger partial charge in [0, 0.05) is 24.4 Å². The first kappa shape index (κ1) is 20.9. The van der Waals surface area contributed by atoms with E-state index in [1.807, 2.05) is 55.5 Å². The number of nitrogens with zero attached hydrogens (tertiary/aromatic N) is 2. The van der Waals surface area contributed by atoms with Gasteiger partial charge in [-0.1, -0.05) is 49.0 Å². The number of hydrogen-bond donors (Lipinski definition) is 0. The van der Waals surface area contributed by atoms with Crippen LogP contribution in [-0.4, -0.2) is 42.0 Å². The molecular weight excluding hydrogens is 388 g/mol. The van der Waals surface area contributed by atoms with Crippen molar-refractivity contribution in [2.24, 2.45) is 5.92 Å². The fourth-order valence-corrected chi connectivity index (χ4v) is 3.88. The highest BCUT2D eigenvalue weighted by Gasteiger charge is 2.23. The number of carbonyl (C=O) groups is 2. The Kier molecular flexibility index (Phi) is 6.93. The summed E-state index contributed by atoms with van der Waals surface area (Å²) in [5, 5.41) is 0.570. The maximum atomic E-state index is 13.1. The van der Waals surface area contributed by atoms with Crippen LogP contribution in [0.3, 0.4) is 0 Å². The number of thioether (sulfide) groups is 1. The van der Waals surface area contributed by atoms with Gasteiger partial charge in [-0.05, 0) is 30.7 Å². The summed E-state index contributed by atoms with van der Waals surface area (Å²) in [6.07, 6.45) is 0. The van der Waals surface area contributed by atoms with Crippen LogP contribution in [0.25, 0.3) is 11.1 Å². The third-order valence-corrected chi connectivity index (χ3v) is 5.52. The van der Waals surface area contributed by atoms with Crippen LogP contribution in [-0.2, 0) is 15.3 Å². The molecule has 1 heterocycles. The molecule has 6 nitrogen and oxygen atoms in total. The van der Waals surface area contributed by atoms with E-state index in [1.54, 1.807) is 11.8 Å². The molecule has 0 aliphatic rings. The summed E-state index contributed by atoms with van der Waals surface area (Å²) in [7, 11) is 1.36. The van der Waals surface area contributed by atoms with E-state index in [-0.39, 0.29) is 17.8 Å². The highest BCUT2D eigenvalue weighted by atomic mass is 32.2. The Morgan fingerprint density at radius 3 is 2.62 bits per heavy atom. The summed E-state index contributed by atoms with van der Waals surface area (Å²) >= 11 is 1.45. The number of hydrogen-bond acceptors (Lipinski definition) is 6. The van der Waals surface area contributed by atoms with Gasteiger partial charge in [0.15, 0.2) is 5.58 Å². The minimum atomic E-state index is -0.384.